The second kappa shape index (κ2) is 5.79. The summed E-state index contributed by atoms with van der Waals surface area (Å²) in [6, 6.07) is 4.58. The molecule has 1 amide bonds. The van der Waals surface area contributed by atoms with Gasteiger partial charge < -0.3 is 14.5 Å². The largest absolute Gasteiger partial charge is 0.395 e. The summed E-state index contributed by atoms with van der Waals surface area (Å²) in [5.41, 5.74) is 0.306. The van der Waals surface area contributed by atoms with Crippen LogP contribution in [-0.4, -0.2) is 41.3 Å². The molecule has 0 atom stereocenters. The van der Waals surface area contributed by atoms with Crippen LogP contribution in [0, 0.1) is 11.6 Å². The molecule has 5 nitrogen and oxygen atoms in total. The quantitative estimate of drug-likeness (QED) is 0.926. The van der Waals surface area contributed by atoms with Gasteiger partial charge in [0.2, 0.25) is 0 Å². The predicted octanol–water partition coefficient (Wildman–Crippen LogP) is 1.68. The molecule has 0 aliphatic heterocycles. The Hall–Kier alpha value is -2.28. The summed E-state index contributed by atoms with van der Waals surface area (Å²) in [4.78, 5) is 13.1. The normalized spacial score (nSPS) is 10.6. The molecule has 0 saturated heterocycles. The summed E-state index contributed by atoms with van der Waals surface area (Å²) in [6.45, 7) is -0.0116. The van der Waals surface area contributed by atoms with Gasteiger partial charge in [-0.15, -0.1) is 0 Å². The van der Waals surface area contributed by atoms with Gasteiger partial charge in [0.15, 0.2) is 23.1 Å². The highest BCUT2D eigenvalue weighted by Crippen LogP contribution is 2.22. The van der Waals surface area contributed by atoms with Crippen molar-refractivity contribution in [3.8, 4) is 11.3 Å². The van der Waals surface area contributed by atoms with Gasteiger partial charge in [0.25, 0.3) is 5.91 Å². The summed E-state index contributed by atoms with van der Waals surface area (Å²) in [7, 11) is 1.50. The molecule has 0 fully saturated rings. The lowest BCUT2D eigenvalue weighted by Gasteiger charge is -2.12. The average molecular weight is 282 g/mol. The third-order valence-corrected chi connectivity index (χ3v) is 2.72. The second-order valence-electron chi connectivity index (χ2n) is 4.16. The molecule has 1 aromatic heterocycles. The molecule has 0 radical (unpaired) electrons. The van der Waals surface area contributed by atoms with Gasteiger partial charge in [-0.05, 0) is 18.2 Å². The second-order valence-corrected chi connectivity index (χ2v) is 4.16. The van der Waals surface area contributed by atoms with Gasteiger partial charge >= 0.3 is 0 Å². The van der Waals surface area contributed by atoms with Crippen molar-refractivity contribution in [2.45, 2.75) is 0 Å². The first-order chi connectivity index (χ1) is 9.52. The molecule has 0 unspecified atom stereocenters. The fourth-order valence-corrected chi connectivity index (χ4v) is 1.61. The SMILES string of the molecule is CN(CCO)C(=O)c1cc(-c2ccc(F)c(F)c2)on1. The van der Waals surface area contributed by atoms with Gasteiger partial charge in [-0.2, -0.15) is 0 Å². The number of nitrogens with zero attached hydrogens (tertiary/aromatic N) is 2. The molecule has 1 aromatic carbocycles. The van der Waals surface area contributed by atoms with Crippen molar-refractivity contribution in [1.82, 2.24) is 10.1 Å². The molecule has 1 N–H and O–H groups in total. The Morgan fingerprint density at radius 2 is 2.10 bits per heavy atom. The summed E-state index contributed by atoms with van der Waals surface area (Å²) >= 11 is 0. The first kappa shape index (κ1) is 14.1. The summed E-state index contributed by atoms with van der Waals surface area (Å²) in [6.07, 6.45) is 0. The number of carbonyl (C=O) groups excluding carboxylic acids is 1. The smallest absolute Gasteiger partial charge is 0.275 e. The zero-order valence-corrected chi connectivity index (χ0v) is 10.6. The van der Waals surface area contributed by atoms with Crippen LogP contribution in [-0.2, 0) is 0 Å². The average Bonchev–Trinajstić information content (AvgIpc) is 2.91. The predicted molar refractivity (Wildman–Crippen MR) is 65.9 cm³/mol. The number of hydrogen-bond donors (Lipinski definition) is 1. The number of carbonyl (C=O) groups is 1. The number of aliphatic hydroxyl groups excluding tert-OH is 1. The molecule has 0 aliphatic carbocycles. The van der Waals surface area contributed by atoms with Crippen LogP contribution >= 0.6 is 0 Å². The van der Waals surface area contributed by atoms with E-state index in [9.17, 15) is 13.6 Å². The molecule has 2 aromatic rings. The Labute approximate surface area is 113 Å². The highest BCUT2D eigenvalue weighted by Gasteiger charge is 2.17. The minimum Gasteiger partial charge on any atom is -0.395 e. The van der Waals surface area contributed by atoms with E-state index in [1.165, 1.54) is 24.1 Å². The molecule has 106 valence electrons. The van der Waals surface area contributed by atoms with E-state index in [4.69, 9.17) is 9.63 Å². The fourth-order valence-electron chi connectivity index (χ4n) is 1.61. The van der Waals surface area contributed by atoms with Crippen molar-refractivity contribution in [3.05, 3.63) is 41.6 Å². The van der Waals surface area contributed by atoms with Crippen LogP contribution in [0.2, 0.25) is 0 Å². The fraction of sp³-hybridized carbons (Fsp3) is 0.231. The number of benzene rings is 1. The van der Waals surface area contributed by atoms with Gasteiger partial charge in [0.1, 0.15) is 0 Å². The molecule has 1 heterocycles. The lowest BCUT2D eigenvalue weighted by Crippen LogP contribution is -2.29. The van der Waals surface area contributed by atoms with Crippen molar-refractivity contribution in [3.63, 3.8) is 0 Å². The number of likely N-dealkylation sites (N-methyl/N-ethyl adjacent to an activating group) is 1. The lowest BCUT2D eigenvalue weighted by molar-refractivity contribution is 0.0757. The topological polar surface area (TPSA) is 66.6 Å². The molecule has 7 heteroatoms. The van der Waals surface area contributed by atoms with Crippen molar-refractivity contribution >= 4 is 5.91 Å². The summed E-state index contributed by atoms with van der Waals surface area (Å²) < 4.78 is 30.9. The van der Waals surface area contributed by atoms with Crippen LogP contribution in [0.25, 0.3) is 11.3 Å². The third-order valence-electron chi connectivity index (χ3n) is 2.72. The molecular formula is C13H12F2N2O3. The molecule has 0 spiro atoms. The van der Waals surface area contributed by atoms with Crippen molar-refractivity contribution in [2.24, 2.45) is 0 Å². The molecule has 2 rings (SSSR count). The van der Waals surface area contributed by atoms with Crippen LogP contribution < -0.4 is 0 Å². The van der Waals surface area contributed by atoms with Crippen LogP contribution in [0.4, 0.5) is 8.78 Å². The molecule has 0 saturated carbocycles. The van der Waals surface area contributed by atoms with Crippen LogP contribution in [0.5, 0.6) is 0 Å². The molecular weight excluding hydrogens is 270 g/mol. The van der Waals surface area contributed by atoms with Crippen molar-refractivity contribution in [1.29, 1.82) is 0 Å². The summed E-state index contributed by atoms with van der Waals surface area (Å²) in [5, 5.41) is 12.3. The number of hydrogen-bond acceptors (Lipinski definition) is 4. The Morgan fingerprint density at radius 3 is 2.75 bits per heavy atom. The third kappa shape index (κ3) is 2.83. The molecule has 0 bridgehead atoms. The number of halogens is 2. The van der Waals surface area contributed by atoms with Gasteiger partial charge in [-0.25, -0.2) is 8.78 Å². The first-order valence-corrected chi connectivity index (χ1v) is 5.81. The number of rotatable bonds is 4. The molecule has 0 aliphatic rings. The Bertz CT molecular complexity index is 628. The summed E-state index contributed by atoms with van der Waals surface area (Å²) in [5.74, 6) is -2.25. The van der Waals surface area contributed by atoms with E-state index in [0.29, 0.717) is 0 Å². The van der Waals surface area contributed by atoms with E-state index in [0.717, 1.165) is 12.1 Å². The van der Waals surface area contributed by atoms with Crippen LogP contribution in [0.1, 0.15) is 10.5 Å². The number of aliphatic hydroxyl groups is 1. The van der Waals surface area contributed by atoms with Gasteiger partial charge in [0.05, 0.1) is 6.61 Å². The Kier molecular flexibility index (Phi) is 4.09. The zero-order chi connectivity index (χ0) is 14.7. The maximum absolute atomic E-state index is 13.1. The Balaban J connectivity index is 2.24. The van der Waals surface area contributed by atoms with Gasteiger partial charge in [-0.1, -0.05) is 5.16 Å². The van der Waals surface area contributed by atoms with Crippen LogP contribution in [0.15, 0.2) is 28.8 Å². The number of amides is 1. The maximum Gasteiger partial charge on any atom is 0.275 e. The monoisotopic (exact) mass is 282 g/mol. The minimum atomic E-state index is -1.01. The Morgan fingerprint density at radius 1 is 1.35 bits per heavy atom. The first-order valence-electron chi connectivity index (χ1n) is 5.81. The van der Waals surface area contributed by atoms with Gasteiger partial charge in [-0.3, -0.25) is 4.79 Å². The van der Waals surface area contributed by atoms with E-state index in [1.54, 1.807) is 0 Å². The van der Waals surface area contributed by atoms with Crippen LogP contribution in [0.3, 0.4) is 0 Å². The molecule has 20 heavy (non-hydrogen) atoms. The lowest BCUT2D eigenvalue weighted by atomic mass is 10.1. The zero-order valence-electron chi connectivity index (χ0n) is 10.6. The van der Waals surface area contributed by atoms with Crippen molar-refractivity contribution in [2.75, 3.05) is 20.2 Å². The number of aromatic nitrogens is 1. The standard InChI is InChI=1S/C13H12F2N2O3/c1-17(4-5-18)13(19)11-7-12(20-16-11)8-2-3-9(14)10(15)6-8/h2-3,6-7,18H,4-5H2,1H3. The van der Waals surface area contributed by atoms with E-state index in [-0.39, 0.29) is 30.2 Å². The van der Waals surface area contributed by atoms with Gasteiger partial charge in [0, 0.05) is 25.2 Å². The highest BCUT2D eigenvalue weighted by atomic mass is 19.2. The van der Waals surface area contributed by atoms with E-state index in [2.05, 4.69) is 5.16 Å². The minimum absolute atomic E-state index is 0.0284. The van der Waals surface area contributed by atoms with E-state index < -0.39 is 17.5 Å². The van der Waals surface area contributed by atoms with Crippen molar-refractivity contribution < 1.29 is 23.2 Å². The maximum atomic E-state index is 13.1. The van der Waals surface area contributed by atoms with E-state index >= 15 is 0 Å². The highest BCUT2D eigenvalue weighted by molar-refractivity contribution is 5.92. The van der Waals surface area contributed by atoms with E-state index in [1.807, 2.05) is 0 Å².